The molecule has 0 spiro atoms. The highest BCUT2D eigenvalue weighted by Crippen LogP contribution is 2.22. The summed E-state index contributed by atoms with van der Waals surface area (Å²) >= 11 is 0. The molecule has 0 atom stereocenters. The third-order valence-electron chi connectivity index (χ3n) is 2.49. The number of nitrogens with one attached hydrogen (secondary N) is 1. The monoisotopic (exact) mass is 261 g/mol. The second kappa shape index (κ2) is 5.40. The third kappa shape index (κ3) is 4.06. The number of ether oxygens (including phenoxy) is 1. The van der Waals surface area contributed by atoms with Crippen molar-refractivity contribution in [1.29, 1.82) is 0 Å². The van der Waals surface area contributed by atoms with E-state index >= 15 is 0 Å². The SMILES string of the molecule is Cc1ncccc1Oc1nc(CNC(C)(C)C)co1. The number of nitrogens with zero attached hydrogens (tertiary/aromatic N) is 2. The number of hydrogen-bond donors (Lipinski definition) is 1. The van der Waals surface area contributed by atoms with E-state index in [9.17, 15) is 0 Å². The Kier molecular flexibility index (Phi) is 3.85. The van der Waals surface area contributed by atoms with Gasteiger partial charge in [-0.15, -0.1) is 0 Å². The number of pyridine rings is 1. The summed E-state index contributed by atoms with van der Waals surface area (Å²) in [6.45, 7) is 8.82. The Balaban J connectivity index is 2.00. The van der Waals surface area contributed by atoms with Gasteiger partial charge in [0.15, 0.2) is 5.75 Å². The van der Waals surface area contributed by atoms with E-state index in [2.05, 4.69) is 36.1 Å². The fourth-order valence-electron chi connectivity index (χ4n) is 1.44. The summed E-state index contributed by atoms with van der Waals surface area (Å²) in [5.74, 6) is 0.652. The normalized spacial score (nSPS) is 11.6. The van der Waals surface area contributed by atoms with E-state index in [1.165, 1.54) is 0 Å². The Morgan fingerprint density at radius 1 is 1.37 bits per heavy atom. The van der Waals surface area contributed by atoms with Crippen molar-refractivity contribution >= 4 is 0 Å². The first-order chi connectivity index (χ1) is 8.94. The van der Waals surface area contributed by atoms with Crippen LogP contribution < -0.4 is 10.1 Å². The molecular weight excluding hydrogens is 242 g/mol. The molecule has 1 N–H and O–H groups in total. The fourth-order valence-corrected chi connectivity index (χ4v) is 1.44. The maximum atomic E-state index is 5.55. The van der Waals surface area contributed by atoms with E-state index in [-0.39, 0.29) is 11.6 Å². The topological polar surface area (TPSA) is 60.2 Å². The minimum Gasteiger partial charge on any atom is -0.417 e. The largest absolute Gasteiger partial charge is 0.417 e. The van der Waals surface area contributed by atoms with Crippen LogP contribution in [0.25, 0.3) is 0 Å². The Hall–Kier alpha value is -1.88. The smallest absolute Gasteiger partial charge is 0.399 e. The van der Waals surface area contributed by atoms with Crippen molar-refractivity contribution in [2.45, 2.75) is 39.8 Å². The summed E-state index contributed by atoms with van der Waals surface area (Å²) in [6, 6.07) is 3.65. The second-order valence-corrected chi connectivity index (χ2v) is 5.40. The molecule has 2 rings (SSSR count). The molecule has 2 aromatic rings. The number of hydrogen-bond acceptors (Lipinski definition) is 5. The maximum Gasteiger partial charge on any atom is 0.399 e. The van der Waals surface area contributed by atoms with Crippen molar-refractivity contribution in [3.05, 3.63) is 36.0 Å². The number of oxazole rings is 1. The number of aromatic nitrogens is 2. The Labute approximate surface area is 113 Å². The van der Waals surface area contributed by atoms with E-state index in [1.54, 1.807) is 12.5 Å². The van der Waals surface area contributed by atoms with Gasteiger partial charge in [-0.25, -0.2) is 0 Å². The van der Waals surface area contributed by atoms with Crippen LogP contribution in [0.2, 0.25) is 0 Å². The highest BCUT2D eigenvalue weighted by atomic mass is 16.6. The van der Waals surface area contributed by atoms with E-state index in [0.29, 0.717) is 12.3 Å². The van der Waals surface area contributed by atoms with Gasteiger partial charge in [-0.1, -0.05) is 0 Å². The Morgan fingerprint density at radius 3 is 2.84 bits per heavy atom. The van der Waals surface area contributed by atoms with Crippen molar-refractivity contribution in [2.24, 2.45) is 0 Å². The first kappa shape index (κ1) is 13.5. The molecule has 19 heavy (non-hydrogen) atoms. The Bertz CT molecular complexity index is 544. The van der Waals surface area contributed by atoms with Gasteiger partial charge in [-0.3, -0.25) is 4.98 Å². The van der Waals surface area contributed by atoms with Crippen molar-refractivity contribution in [3.63, 3.8) is 0 Å². The van der Waals surface area contributed by atoms with Gasteiger partial charge in [-0.05, 0) is 39.8 Å². The summed E-state index contributed by atoms with van der Waals surface area (Å²) in [7, 11) is 0. The van der Waals surface area contributed by atoms with Crippen molar-refractivity contribution in [2.75, 3.05) is 0 Å². The standard InChI is InChI=1S/C14H19N3O2/c1-10-12(6-5-7-15-10)19-13-17-11(9-18-13)8-16-14(2,3)4/h5-7,9,16H,8H2,1-4H3. The van der Waals surface area contributed by atoms with E-state index in [4.69, 9.17) is 9.15 Å². The average molecular weight is 261 g/mol. The van der Waals surface area contributed by atoms with Crippen molar-refractivity contribution in [1.82, 2.24) is 15.3 Å². The average Bonchev–Trinajstić information content (AvgIpc) is 2.77. The molecule has 0 aliphatic carbocycles. The van der Waals surface area contributed by atoms with Crippen LogP contribution in [0.1, 0.15) is 32.2 Å². The van der Waals surface area contributed by atoms with Crippen LogP contribution >= 0.6 is 0 Å². The van der Waals surface area contributed by atoms with Gasteiger partial charge < -0.3 is 14.5 Å². The molecule has 0 radical (unpaired) electrons. The molecule has 5 nitrogen and oxygen atoms in total. The van der Waals surface area contributed by atoms with E-state index in [0.717, 1.165) is 11.4 Å². The van der Waals surface area contributed by atoms with Gasteiger partial charge >= 0.3 is 6.08 Å². The number of rotatable bonds is 4. The van der Waals surface area contributed by atoms with Crippen molar-refractivity contribution in [3.8, 4) is 11.8 Å². The molecule has 0 aliphatic rings. The molecule has 0 saturated heterocycles. The van der Waals surface area contributed by atoms with Gasteiger partial charge in [0.05, 0.1) is 11.4 Å². The summed E-state index contributed by atoms with van der Waals surface area (Å²) in [5, 5.41) is 3.34. The van der Waals surface area contributed by atoms with Gasteiger partial charge in [0, 0.05) is 18.3 Å². The molecule has 2 aromatic heterocycles. The first-order valence-corrected chi connectivity index (χ1v) is 6.23. The molecule has 5 heteroatoms. The van der Waals surface area contributed by atoms with Crippen molar-refractivity contribution < 1.29 is 9.15 Å². The van der Waals surface area contributed by atoms with E-state index in [1.807, 2.05) is 19.1 Å². The van der Waals surface area contributed by atoms with Gasteiger partial charge in [0.2, 0.25) is 0 Å². The van der Waals surface area contributed by atoms with Gasteiger partial charge in [-0.2, -0.15) is 4.98 Å². The molecule has 0 amide bonds. The summed E-state index contributed by atoms with van der Waals surface area (Å²) in [6.07, 6.45) is 3.55. The lowest BCUT2D eigenvalue weighted by atomic mass is 10.1. The van der Waals surface area contributed by atoms with Gasteiger partial charge in [0.25, 0.3) is 0 Å². The molecular formula is C14H19N3O2. The molecule has 0 saturated carbocycles. The third-order valence-corrected chi connectivity index (χ3v) is 2.49. The zero-order valence-corrected chi connectivity index (χ0v) is 11.7. The molecule has 0 unspecified atom stereocenters. The Morgan fingerprint density at radius 2 is 2.16 bits per heavy atom. The van der Waals surface area contributed by atoms with Crippen LogP contribution in [0, 0.1) is 6.92 Å². The predicted molar refractivity (Wildman–Crippen MR) is 72.1 cm³/mol. The zero-order chi connectivity index (χ0) is 13.9. The number of aryl methyl sites for hydroxylation is 1. The van der Waals surface area contributed by atoms with Crippen LogP contribution in [-0.4, -0.2) is 15.5 Å². The summed E-state index contributed by atoms with van der Waals surface area (Å²) in [4.78, 5) is 8.41. The molecule has 0 fully saturated rings. The lowest BCUT2D eigenvalue weighted by Crippen LogP contribution is -2.35. The van der Waals surface area contributed by atoms with Crippen LogP contribution in [-0.2, 0) is 6.54 Å². The highest BCUT2D eigenvalue weighted by molar-refractivity contribution is 5.27. The van der Waals surface area contributed by atoms with Gasteiger partial charge in [0.1, 0.15) is 6.26 Å². The minimum atomic E-state index is 0.0416. The molecule has 0 aromatic carbocycles. The predicted octanol–water partition coefficient (Wildman–Crippen LogP) is 3.06. The van der Waals surface area contributed by atoms with E-state index < -0.39 is 0 Å². The molecule has 0 bridgehead atoms. The van der Waals surface area contributed by atoms with Crippen LogP contribution in [0.15, 0.2) is 29.0 Å². The molecule has 0 aliphatic heterocycles. The lowest BCUT2D eigenvalue weighted by molar-refractivity contribution is 0.328. The summed E-state index contributed by atoms with van der Waals surface area (Å²) in [5.41, 5.74) is 1.65. The quantitative estimate of drug-likeness (QED) is 0.916. The zero-order valence-electron chi connectivity index (χ0n) is 11.7. The molecule has 2 heterocycles. The van der Waals surface area contributed by atoms with Crippen LogP contribution in [0.4, 0.5) is 0 Å². The van der Waals surface area contributed by atoms with Crippen LogP contribution in [0.5, 0.6) is 11.8 Å². The second-order valence-electron chi connectivity index (χ2n) is 5.40. The maximum absolute atomic E-state index is 5.55. The van der Waals surface area contributed by atoms with Crippen LogP contribution in [0.3, 0.4) is 0 Å². The fraction of sp³-hybridized carbons (Fsp3) is 0.429. The highest BCUT2D eigenvalue weighted by Gasteiger charge is 2.12. The lowest BCUT2D eigenvalue weighted by Gasteiger charge is -2.19. The molecule has 102 valence electrons. The minimum absolute atomic E-state index is 0.0416. The summed E-state index contributed by atoms with van der Waals surface area (Å²) < 4.78 is 10.8. The first-order valence-electron chi connectivity index (χ1n) is 6.23.